The molecule has 0 saturated carbocycles. The molecule has 5 aromatic carbocycles. The molecule has 0 fully saturated rings. The van der Waals surface area contributed by atoms with Gasteiger partial charge in [0, 0.05) is 11.3 Å². The fourth-order valence-electron chi connectivity index (χ4n) is 6.98. The van der Waals surface area contributed by atoms with Crippen molar-refractivity contribution in [1.82, 2.24) is 9.55 Å². The van der Waals surface area contributed by atoms with E-state index in [4.69, 9.17) is 4.98 Å². The molecule has 1 aliphatic carbocycles. The molecule has 1 aliphatic rings. The van der Waals surface area contributed by atoms with Gasteiger partial charge in [0.1, 0.15) is 5.82 Å². The normalized spacial score (nSPS) is 13.1. The molecule has 0 radical (unpaired) electrons. The standard InChI is InChI=1S/C45H42N2/c1-5-7-16-33-23-27-38-40(29-33)44(35-24-21-31(3)22-25-35)39-28-26-37(30-41(39)43(38)34-17-11-8-9-12-18-34)47-42(15-6-2)32(4)46-45(47)36-19-13-10-14-20-36/h6,8-11,13-15,17-30H,5,7,12,16H2,1-4H3/b15-6-. The molecule has 1 aromatic heterocycles. The highest BCUT2D eigenvalue weighted by Gasteiger charge is 2.21. The molecule has 47 heavy (non-hydrogen) atoms. The van der Waals surface area contributed by atoms with Gasteiger partial charge in [-0.1, -0.05) is 134 Å². The first-order valence-corrected chi connectivity index (χ1v) is 17.0. The Bertz CT molecular complexity index is 2200. The lowest BCUT2D eigenvalue weighted by atomic mass is 9.84. The van der Waals surface area contributed by atoms with Gasteiger partial charge in [-0.2, -0.15) is 0 Å². The van der Waals surface area contributed by atoms with Gasteiger partial charge in [0.2, 0.25) is 0 Å². The van der Waals surface area contributed by atoms with Crippen LogP contribution < -0.4 is 0 Å². The summed E-state index contributed by atoms with van der Waals surface area (Å²) in [5.74, 6) is 0.954. The predicted molar refractivity (Wildman–Crippen MR) is 203 cm³/mol. The fourth-order valence-corrected chi connectivity index (χ4v) is 6.98. The SMILES string of the molecule is C/C=C\c1c(C)nc(-c2ccccc2)n1-c1ccc2c(-c3ccc(C)cc3)c3cc(CCCC)ccc3c(C3=CCC=CC=C3)c2c1. The zero-order chi connectivity index (χ0) is 32.3. The van der Waals surface area contributed by atoms with Crippen molar-refractivity contribution >= 4 is 33.2 Å². The van der Waals surface area contributed by atoms with E-state index in [1.165, 1.54) is 67.8 Å². The third-order valence-corrected chi connectivity index (χ3v) is 9.32. The molecule has 2 heteroatoms. The quantitative estimate of drug-likeness (QED) is 0.157. The summed E-state index contributed by atoms with van der Waals surface area (Å²) in [5.41, 5.74) is 12.1. The Morgan fingerprint density at radius 1 is 0.766 bits per heavy atom. The molecule has 0 unspecified atom stereocenters. The van der Waals surface area contributed by atoms with Gasteiger partial charge in [-0.15, -0.1) is 0 Å². The van der Waals surface area contributed by atoms with Crippen molar-refractivity contribution in [3.05, 3.63) is 156 Å². The minimum atomic E-state index is 0.906. The Kier molecular flexibility index (Phi) is 8.59. The number of aryl methyl sites for hydroxylation is 3. The maximum absolute atomic E-state index is 5.12. The maximum atomic E-state index is 5.12. The van der Waals surface area contributed by atoms with Crippen LogP contribution >= 0.6 is 0 Å². The highest BCUT2D eigenvalue weighted by Crippen LogP contribution is 2.44. The summed E-state index contributed by atoms with van der Waals surface area (Å²) in [4.78, 5) is 5.12. The summed E-state index contributed by atoms with van der Waals surface area (Å²) in [6.45, 7) is 8.62. The Morgan fingerprint density at radius 2 is 1.53 bits per heavy atom. The second-order valence-corrected chi connectivity index (χ2v) is 12.6. The summed E-state index contributed by atoms with van der Waals surface area (Å²) in [6.07, 6.45) is 19.9. The smallest absolute Gasteiger partial charge is 0.145 e. The van der Waals surface area contributed by atoms with Crippen LogP contribution in [-0.2, 0) is 6.42 Å². The molecule has 0 saturated heterocycles. The summed E-state index contributed by atoms with van der Waals surface area (Å²) < 4.78 is 2.33. The van der Waals surface area contributed by atoms with Crippen LogP contribution in [0.1, 0.15) is 61.2 Å². The van der Waals surface area contributed by atoms with Crippen LogP contribution in [0, 0.1) is 13.8 Å². The van der Waals surface area contributed by atoms with E-state index in [9.17, 15) is 0 Å². The first-order chi connectivity index (χ1) is 23.1. The lowest BCUT2D eigenvalue weighted by Crippen LogP contribution is -2.02. The van der Waals surface area contributed by atoms with Gasteiger partial charge in [-0.05, 0) is 108 Å². The second-order valence-electron chi connectivity index (χ2n) is 12.6. The minimum Gasteiger partial charge on any atom is -0.293 e. The topological polar surface area (TPSA) is 17.8 Å². The first kappa shape index (κ1) is 30.4. The summed E-state index contributed by atoms with van der Waals surface area (Å²) >= 11 is 0. The zero-order valence-corrected chi connectivity index (χ0v) is 27.9. The highest BCUT2D eigenvalue weighted by atomic mass is 15.1. The predicted octanol–water partition coefficient (Wildman–Crippen LogP) is 12.4. The van der Waals surface area contributed by atoms with E-state index < -0.39 is 0 Å². The molecule has 0 N–H and O–H groups in total. The number of fused-ring (bicyclic) bond motifs is 2. The molecule has 0 aliphatic heterocycles. The third kappa shape index (κ3) is 5.81. The molecule has 0 bridgehead atoms. The number of imidazole rings is 1. The van der Waals surface area contributed by atoms with Crippen LogP contribution in [0.15, 0.2) is 127 Å². The monoisotopic (exact) mass is 610 g/mol. The highest BCUT2D eigenvalue weighted by molar-refractivity contribution is 6.20. The number of hydrogen-bond acceptors (Lipinski definition) is 1. The largest absolute Gasteiger partial charge is 0.293 e. The number of hydrogen-bond donors (Lipinski definition) is 0. The van der Waals surface area contributed by atoms with Crippen molar-refractivity contribution in [3.8, 4) is 28.2 Å². The molecular formula is C45H42N2. The van der Waals surface area contributed by atoms with Crippen LogP contribution in [0.2, 0.25) is 0 Å². The Morgan fingerprint density at radius 3 is 2.32 bits per heavy atom. The number of benzene rings is 5. The van der Waals surface area contributed by atoms with E-state index in [2.05, 4.69) is 166 Å². The van der Waals surface area contributed by atoms with Gasteiger partial charge >= 0.3 is 0 Å². The van der Waals surface area contributed by atoms with Crippen molar-refractivity contribution in [2.45, 2.75) is 53.4 Å². The minimum absolute atomic E-state index is 0.906. The first-order valence-electron chi connectivity index (χ1n) is 17.0. The number of unbranched alkanes of at least 4 members (excludes halogenated alkanes) is 1. The Hall–Kier alpha value is -5.21. The summed E-state index contributed by atoms with van der Waals surface area (Å²) in [5, 5.41) is 5.13. The number of allylic oxidation sites excluding steroid dienone is 7. The number of nitrogens with zero attached hydrogens (tertiary/aromatic N) is 2. The maximum Gasteiger partial charge on any atom is 0.145 e. The van der Waals surface area contributed by atoms with Crippen molar-refractivity contribution in [2.24, 2.45) is 0 Å². The third-order valence-electron chi connectivity index (χ3n) is 9.32. The van der Waals surface area contributed by atoms with Gasteiger partial charge < -0.3 is 0 Å². The van der Waals surface area contributed by atoms with Crippen molar-refractivity contribution in [3.63, 3.8) is 0 Å². The number of rotatable bonds is 8. The van der Waals surface area contributed by atoms with E-state index in [-0.39, 0.29) is 0 Å². The van der Waals surface area contributed by atoms with E-state index in [1.54, 1.807) is 0 Å². The van der Waals surface area contributed by atoms with Crippen molar-refractivity contribution < 1.29 is 0 Å². The number of aromatic nitrogens is 2. The lowest BCUT2D eigenvalue weighted by Gasteiger charge is -2.21. The summed E-state index contributed by atoms with van der Waals surface area (Å²) in [7, 11) is 0. The molecule has 7 rings (SSSR count). The Balaban J connectivity index is 1.60. The molecule has 0 spiro atoms. The molecule has 6 aromatic rings. The van der Waals surface area contributed by atoms with E-state index in [1.807, 2.05) is 0 Å². The molecule has 232 valence electrons. The van der Waals surface area contributed by atoms with Gasteiger partial charge in [0.05, 0.1) is 11.4 Å². The molecule has 1 heterocycles. The molecule has 0 atom stereocenters. The van der Waals surface area contributed by atoms with Crippen LogP contribution in [-0.4, -0.2) is 9.55 Å². The van der Waals surface area contributed by atoms with E-state index >= 15 is 0 Å². The lowest BCUT2D eigenvalue weighted by molar-refractivity contribution is 0.796. The van der Waals surface area contributed by atoms with Gasteiger partial charge in [-0.25, -0.2) is 4.98 Å². The van der Waals surface area contributed by atoms with Gasteiger partial charge in [0.25, 0.3) is 0 Å². The molecular weight excluding hydrogens is 569 g/mol. The molecule has 2 nitrogen and oxygen atoms in total. The van der Waals surface area contributed by atoms with E-state index in [0.29, 0.717) is 0 Å². The molecule has 0 amide bonds. The van der Waals surface area contributed by atoms with E-state index in [0.717, 1.165) is 41.3 Å². The average Bonchev–Trinajstić information content (AvgIpc) is 3.23. The average molecular weight is 611 g/mol. The van der Waals surface area contributed by atoms with Crippen LogP contribution in [0.3, 0.4) is 0 Å². The van der Waals surface area contributed by atoms with Gasteiger partial charge in [0.15, 0.2) is 0 Å². The second kappa shape index (κ2) is 13.3. The fraction of sp³-hybridized carbons (Fsp3) is 0.178. The van der Waals surface area contributed by atoms with Crippen LogP contribution in [0.4, 0.5) is 0 Å². The van der Waals surface area contributed by atoms with Gasteiger partial charge in [-0.3, -0.25) is 4.57 Å². The zero-order valence-electron chi connectivity index (χ0n) is 27.9. The van der Waals surface area contributed by atoms with Crippen molar-refractivity contribution in [1.29, 1.82) is 0 Å². The Labute approximate surface area is 279 Å². The van der Waals surface area contributed by atoms with Crippen molar-refractivity contribution in [2.75, 3.05) is 0 Å². The van der Waals surface area contributed by atoms with Crippen LogP contribution in [0.25, 0.3) is 61.4 Å². The van der Waals surface area contributed by atoms with Crippen LogP contribution in [0.5, 0.6) is 0 Å². The summed E-state index contributed by atoms with van der Waals surface area (Å²) in [6, 6.07) is 33.8.